The molecule has 2 N–H and O–H groups in total. The molecule has 1 saturated carbocycles. The topological polar surface area (TPSA) is 111 Å². The highest BCUT2D eigenvalue weighted by atomic mass is 19.2. The first-order valence-corrected chi connectivity index (χ1v) is 12.6. The van der Waals surface area contributed by atoms with Gasteiger partial charge in [0.05, 0.1) is 24.6 Å². The van der Waals surface area contributed by atoms with E-state index in [1.807, 2.05) is 0 Å². The van der Waals surface area contributed by atoms with E-state index >= 15 is 0 Å². The van der Waals surface area contributed by atoms with Crippen LogP contribution in [0.1, 0.15) is 51.0 Å². The van der Waals surface area contributed by atoms with Crippen molar-refractivity contribution >= 4 is 5.71 Å². The van der Waals surface area contributed by atoms with Gasteiger partial charge in [-0.15, -0.1) is 5.10 Å². The number of hydrogen-bond donors (Lipinski definition) is 2. The fourth-order valence-electron chi connectivity index (χ4n) is 5.75. The van der Waals surface area contributed by atoms with Gasteiger partial charge in [0.1, 0.15) is 36.2 Å². The molecule has 6 atom stereocenters. The van der Waals surface area contributed by atoms with Crippen LogP contribution in [0.4, 0.5) is 13.2 Å². The Bertz CT molecular complexity index is 1100. The van der Waals surface area contributed by atoms with E-state index < -0.39 is 54.5 Å². The van der Waals surface area contributed by atoms with E-state index in [2.05, 4.69) is 15.5 Å². The van der Waals surface area contributed by atoms with E-state index in [9.17, 15) is 23.4 Å². The maximum atomic E-state index is 13.8. The van der Waals surface area contributed by atoms with E-state index in [4.69, 9.17) is 14.3 Å². The molecule has 1 aromatic carbocycles. The van der Waals surface area contributed by atoms with Crippen molar-refractivity contribution in [2.75, 3.05) is 13.7 Å². The third-order valence-electron chi connectivity index (χ3n) is 7.70. The Labute approximate surface area is 212 Å². The first-order valence-electron chi connectivity index (χ1n) is 12.6. The van der Waals surface area contributed by atoms with Gasteiger partial charge in [0, 0.05) is 25.5 Å². The van der Waals surface area contributed by atoms with Crippen LogP contribution in [0, 0.1) is 23.4 Å². The maximum absolute atomic E-state index is 13.8. The second-order valence-corrected chi connectivity index (χ2v) is 10.0. The molecule has 1 aliphatic carbocycles. The predicted octanol–water partition coefficient (Wildman–Crippen LogP) is 3.15. The number of aliphatic hydroxyl groups excluding tert-OH is 2. The van der Waals surface area contributed by atoms with Gasteiger partial charge in [-0.2, -0.15) is 0 Å². The highest BCUT2D eigenvalue weighted by Gasteiger charge is 2.48. The standard InChI is InChI=1S/C25H31F3N4O5/c1-35-25-20(10-15-9-19(37-30-15)13-5-3-2-4-6-13)36-21(12-33)24(34)23(25)32-11-18(29-31-32)14-7-16(26)22(28)17(27)8-14/h7-8,11,13,19-21,23-25,33-34H,2-6,9-10,12H2,1H3/t19?,20-,21-,23+,24+,25+/m1/s1. The molecule has 0 amide bonds. The fraction of sp³-hybridized carbons (Fsp3) is 0.640. The van der Waals surface area contributed by atoms with E-state index in [1.165, 1.54) is 37.3 Å². The highest BCUT2D eigenvalue weighted by Crippen LogP contribution is 2.37. The van der Waals surface area contributed by atoms with Crippen molar-refractivity contribution in [1.29, 1.82) is 0 Å². The van der Waals surface area contributed by atoms with Crippen LogP contribution >= 0.6 is 0 Å². The molecule has 37 heavy (non-hydrogen) atoms. The number of nitrogens with zero attached hydrogens (tertiary/aromatic N) is 4. The Kier molecular flexibility index (Phi) is 7.80. The molecule has 0 radical (unpaired) electrons. The maximum Gasteiger partial charge on any atom is 0.194 e. The lowest BCUT2D eigenvalue weighted by molar-refractivity contribution is -0.210. The lowest BCUT2D eigenvalue weighted by atomic mass is 9.83. The van der Waals surface area contributed by atoms with Crippen LogP contribution in [0.5, 0.6) is 0 Å². The summed E-state index contributed by atoms with van der Waals surface area (Å²) in [6.07, 6.45) is 4.94. The molecule has 0 spiro atoms. The quantitative estimate of drug-likeness (QED) is 0.536. The van der Waals surface area contributed by atoms with Crippen LogP contribution in [0.15, 0.2) is 23.5 Å². The normalized spacial score (nSPS) is 30.8. The summed E-state index contributed by atoms with van der Waals surface area (Å²) >= 11 is 0. The van der Waals surface area contributed by atoms with Gasteiger partial charge in [-0.05, 0) is 30.9 Å². The molecule has 2 fully saturated rings. The minimum Gasteiger partial charge on any atom is -0.394 e. The van der Waals surface area contributed by atoms with Gasteiger partial charge in [-0.25, -0.2) is 17.9 Å². The van der Waals surface area contributed by atoms with Crippen LogP contribution in [-0.4, -0.2) is 75.2 Å². The van der Waals surface area contributed by atoms with Crippen molar-refractivity contribution in [3.05, 3.63) is 35.8 Å². The lowest BCUT2D eigenvalue weighted by Crippen LogP contribution is -2.57. The smallest absolute Gasteiger partial charge is 0.194 e. The minimum absolute atomic E-state index is 0.0142. The summed E-state index contributed by atoms with van der Waals surface area (Å²) in [6.45, 7) is -0.450. The zero-order chi connectivity index (χ0) is 26.1. The SMILES string of the molecule is CO[C@@H]1[C@@H](n2cc(-c3cc(F)c(F)c(F)c3)nn2)[C@@H](O)[C@@H](CO)O[C@@H]1CC1=NOC(C2CCCCC2)C1. The molecule has 5 rings (SSSR count). The van der Waals surface area contributed by atoms with E-state index in [0.717, 1.165) is 30.7 Å². The third-order valence-corrected chi connectivity index (χ3v) is 7.70. The van der Waals surface area contributed by atoms with Gasteiger partial charge in [0.15, 0.2) is 17.5 Å². The van der Waals surface area contributed by atoms with Gasteiger partial charge >= 0.3 is 0 Å². The van der Waals surface area contributed by atoms with Crippen molar-refractivity contribution in [1.82, 2.24) is 15.0 Å². The fourth-order valence-corrected chi connectivity index (χ4v) is 5.75. The molecular formula is C25H31F3N4O5. The minimum atomic E-state index is -1.58. The van der Waals surface area contributed by atoms with Crippen molar-refractivity contribution in [3.63, 3.8) is 0 Å². The molecule has 202 valence electrons. The van der Waals surface area contributed by atoms with Crippen molar-refractivity contribution in [3.8, 4) is 11.3 Å². The zero-order valence-electron chi connectivity index (χ0n) is 20.5. The van der Waals surface area contributed by atoms with Crippen molar-refractivity contribution in [2.24, 2.45) is 11.1 Å². The van der Waals surface area contributed by atoms with Crippen LogP contribution < -0.4 is 0 Å². The number of rotatable bonds is 7. The van der Waals surface area contributed by atoms with E-state index in [0.29, 0.717) is 18.8 Å². The van der Waals surface area contributed by atoms with Crippen molar-refractivity contribution in [2.45, 2.75) is 81.5 Å². The number of hydrogen-bond acceptors (Lipinski definition) is 8. The number of methoxy groups -OCH3 is 1. The van der Waals surface area contributed by atoms with Crippen LogP contribution in [0.25, 0.3) is 11.3 Å². The Hall–Kier alpha value is -2.54. The molecule has 0 bridgehead atoms. The lowest BCUT2D eigenvalue weighted by Gasteiger charge is -2.43. The van der Waals surface area contributed by atoms with E-state index in [1.54, 1.807) is 0 Å². The van der Waals surface area contributed by atoms with Crippen molar-refractivity contribution < 1.29 is 37.7 Å². The first kappa shape index (κ1) is 26.1. The van der Waals surface area contributed by atoms with Gasteiger partial charge in [-0.3, -0.25) is 0 Å². The second kappa shape index (κ2) is 11.1. The summed E-state index contributed by atoms with van der Waals surface area (Å²) in [5.41, 5.74) is 0.887. The molecule has 1 unspecified atom stereocenters. The number of aromatic nitrogens is 3. The molecule has 1 aromatic heterocycles. The van der Waals surface area contributed by atoms with Crippen LogP contribution in [0.3, 0.4) is 0 Å². The average Bonchev–Trinajstić information content (AvgIpc) is 3.58. The van der Waals surface area contributed by atoms with Gasteiger partial charge in [-0.1, -0.05) is 29.6 Å². The summed E-state index contributed by atoms with van der Waals surface area (Å²) in [4.78, 5) is 5.76. The summed E-state index contributed by atoms with van der Waals surface area (Å²) < 4.78 is 54.0. The highest BCUT2D eigenvalue weighted by molar-refractivity contribution is 5.86. The molecule has 9 nitrogen and oxygen atoms in total. The number of oxime groups is 1. The molecule has 2 aliphatic heterocycles. The van der Waals surface area contributed by atoms with Gasteiger partial charge < -0.3 is 24.5 Å². The summed E-state index contributed by atoms with van der Waals surface area (Å²) in [7, 11) is 1.47. The first-order chi connectivity index (χ1) is 17.9. The molecule has 3 heterocycles. The molecule has 2 aromatic rings. The number of ether oxygens (including phenoxy) is 2. The Morgan fingerprint density at radius 1 is 1.11 bits per heavy atom. The molecule has 1 saturated heterocycles. The van der Waals surface area contributed by atoms with Gasteiger partial charge in [0.25, 0.3) is 0 Å². The predicted molar refractivity (Wildman–Crippen MR) is 125 cm³/mol. The number of aliphatic hydroxyl groups is 2. The third kappa shape index (κ3) is 5.25. The van der Waals surface area contributed by atoms with Gasteiger partial charge in [0.2, 0.25) is 0 Å². The number of benzene rings is 1. The zero-order valence-corrected chi connectivity index (χ0v) is 20.5. The Morgan fingerprint density at radius 3 is 2.51 bits per heavy atom. The molecule has 12 heteroatoms. The summed E-state index contributed by atoms with van der Waals surface area (Å²) in [5, 5.41) is 33.2. The van der Waals surface area contributed by atoms with Crippen LogP contribution in [0.2, 0.25) is 0 Å². The monoisotopic (exact) mass is 524 g/mol. The average molecular weight is 525 g/mol. The summed E-state index contributed by atoms with van der Waals surface area (Å²) in [6, 6.07) is 0.803. The second-order valence-electron chi connectivity index (χ2n) is 10.0. The van der Waals surface area contributed by atoms with E-state index in [-0.39, 0.29) is 17.4 Å². The number of halogens is 3. The molecule has 3 aliphatic rings. The molecular weight excluding hydrogens is 493 g/mol. The largest absolute Gasteiger partial charge is 0.394 e. The summed E-state index contributed by atoms with van der Waals surface area (Å²) in [5.74, 6) is -3.79. The Balaban J connectivity index is 1.35. The Morgan fingerprint density at radius 2 is 1.84 bits per heavy atom. The van der Waals surface area contributed by atoms with Crippen LogP contribution in [-0.2, 0) is 14.3 Å².